The van der Waals surface area contributed by atoms with Crippen LogP contribution in [0, 0.1) is 13.8 Å². The quantitative estimate of drug-likeness (QED) is 0.853. The van der Waals surface area contributed by atoms with Crippen LogP contribution in [-0.2, 0) is 13.6 Å². The molecule has 2 aromatic rings. The molecule has 0 aliphatic rings. The van der Waals surface area contributed by atoms with E-state index in [1.54, 1.807) is 11.0 Å². The number of hydrogen-bond donors (Lipinski definition) is 1. The number of aryl methyl sites for hydroxylation is 3. The van der Waals surface area contributed by atoms with Crippen LogP contribution >= 0.6 is 0 Å². The van der Waals surface area contributed by atoms with Crippen molar-refractivity contribution in [3.63, 3.8) is 0 Å². The lowest BCUT2D eigenvalue weighted by molar-refractivity contribution is 0.712. The van der Waals surface area contributed by atoms with Crippen molar-refractivity contribution in [2.45, 2.75) is 20.4 Å². The van der Waals surface area contributed by atoms with E-state index in [0.29, 0.717) is 6.54 Å². The van der Waals surface area contributed by atoms with Gasteiger partial charge in [-0.25, -0.2) is 4.98 Å². The summed E-state index contributed by atoms with van der Waals surface area (Å²) in [6.07, 6.45) is 1.57. The molecule has 84 valence electrons. The fourth-order valence-corrected chi connectivity index (χ4v) is 1.51. The number of aromatic nitrogens is 3. The average molecular weight is 216 g/mol. The molecule has 0 radical (unpaired) electrons. The fourth-order valence-electron chi connectivity index (χ4n) is 1.51. The molecule has 0 aliphatic carbocycles. The van der Waals surface area contributed by atoms with Crippen LogP contribution < -0.4 is 5.32 Å². The van der Waals surface area contributed by atoms with Crippen LogP contribution in [0.5, 0.6) is 0 Å². The highest BCUT2D eigenvalue weighted by molar-refractivity contribution is 5.48. The zero-order valence-corrected chi connectivity index (χ0v) is 9.86. The first-order chi connectivity index (χ1) is 7.66. The van der Waals surface area contributed by atoms with Crippen molar-refractivity contribution >= 4 is 5.69 Å². The molecule has 1 N–H and O–H groups in total. The van der Waals surface area contributed by atoms with Gasteiger partial charge in [0.25, 0.3) is 0 Å². The van der Waals surface area contributed by atoms with Crippen molar-refractivity contribution < 1.29 is 0 Å². The molecule has 0 aliphatic heterocycles. The van der Waals surface area contributed by atoms with E-state index in [1.165, 1.54) is 11.1 Å². The van der Waals surface area contributed by atoms with Gasteiger partial charge >= 0.3 is 0 Å². The Morgan fingerprint density at radius 1 is 1.25 bits per heavy atom. The molecule has 1 aromatic carbocycles. The van der Waals surface area contributed by atoms with Gasteiger partial charge in [-0.3, -0.25) is 4.68 Å². The molecule has 1 heterocycles. The highest BCUT2D eigenvalue weighted by Gasteiger charge is 2.00. The topological polar surface area (TPSA) is 42.7 Å². The molecule has 0 saturated carbocycles. The molecule has 0 atom stereocenters. The molecular formula is C12H16N4. The van der Waals surface area contributed by atoms with Gasteiger partial charge in [0.05, 0.1) is 6.54 Å². The first kappa shape index (κ1) is 10.7. The summed E-state index contributed by atoms with van der Waals surface area (Å²) in [7, 11) is 1.89. The van der Waals surface area contributed by atoms with Crippen LogP contribution in [0.15, 0.2) is 24.5 Å². The lowest BCUT2D eigenvalue weighted by Crippen LogP contribution is -2.06. The maximum Gasteiger partial charge on any atom is 0.145 e. The molecule has 0 fully saturated rings. The maximum absolute atomic E-state index is 4.16. The van der Waals surface area contributed by atoms with Crippen LogP contribution in [0.25, 0.3) is 0 Å². The standard InChI is InChI=1S/C12H16N4/c1-9-4-5-11(6-10(9)2)13-7-12-14-8-15-16(12)3/h4-6,8,13H,7H2,1-3H3. The van der Waals surface area contributed by atoms with Crippen molar-refractivity contribution in [3.8, 4) is 0 Å². The Hall–Kier alpha value is -1.84. The van der Waals surface area contributed by atoms with Crippen molar-refractivity contribution in [3.05, 3.63) is 41.5 Å². The van der Waals surface area contributed by atoms with E-state index >= 15 is 0 Å². The number of benzene rings is 1. The second-order valence-corrected chi connectivity index (χ2v) is 3.95. The van der Waals surface area contributed by atoms with E-state index in [1.807, 2.05) is 7.05 Å². The Morgan fingerprint density at radius 2 is 2.06 bits per heavy atom. The number of anilines is 1. The largest absolute Gasteiger partial charge is 0.378 e. The highest BCUT2D eigenvalue weighted by atomic mass is 15.3. The normalized spacial score (nSPS) is 10.4. The number of hydrogen-bond acceptors (Lipinski definition) is 3. The highest BCUT2D eigenvalue weighted by Crippen LogP contribution is 2.14. The molecule has 0 amide bonds. The lowest BCUT2D eigenvalue weighted by atomic mass is 10.1. The first-order valence-electron chi connectivity index (χ1n) is 5.31. The predicted octanol–water partition coefficient (Wildman–Crippen LogP) is 2.04. The summed E-state index contributed by atoms with van der Waals surface area (Å²) in [5.41, 5.74) is 3.72. The van der Waals surface area contributed by atoms with Gasteiger partial charge in [0.1, 0.15) is 12.2 Å². The number of nitrogens with one attached hydrogen (secondary N) is 1. The predicted molar refractivity (Wildman–Crippen MR) is 64.2 cm³/mol. The van der Waals surface area contributed by atoms with Crippen LogP contribution in [0.2, 0.25) is 0 Å². The summed E-state index contributed by atoms with van der Waals surface area (Å²) in [6.45, 7) is 4.92. The van der Waals surface area contributed by atoms with Crippen molar-refractivity contribution in [1.29, 1.82) is 0 Å². The minimum Gasteiger partial charge on any atom is -0.378 e. The van der Waals surface area contributed by atoms with E-state index in [2.05, 4.69) is 47.4 Å². The van der Waals surface area contributed by atoms with Crippen molar-refractivity contribution in [1.82, 2.24) is 14.8 Å². The number of nitrogens with zero attached hydrogens (tertiary/aromatic N) is 3. The molecule has 2 rings (SSSR count). The van der Waals surface area contributed by atoms with E-state index in [4.69, 9.17) is 0 Å². The van der Waals surface area contributed by atoms with Crippen LogP contribution in [-0.4, -0.2) is 14.8 Å². The molecule has 4 heteroatoms. The van der Waals surface area contributed by atoms with Crippen molar-refractivity contribution in [2.24, 2.45) is 7.05 Å². The van der Waals surface area contributed by atoms with Crippen molar-refractivity contribution in [2.75, 3.05) is 5.32 Å². The molecule has 4 nitrogen and oxygen atoms in total. The van der Waals surface area contributed by atoms with Gasteiger partial charge in [0, 0.05) is 12.7 Å². The molecule has 0 bridgehead atoms. The molecule has 1 aromatic heterocycles. The summed E-state index contributed by atoms with van der Waals surface area (Å²) in [5.74, 6) is 0.929. The Morgan fingerprint density at radius 3 is 2.69 bits per heavy atom. The Bertz CT molecular complexity index is 488. The second kappa shape index (κ2) is 4.35. The third-order valence-electron chi connectivity index (χ3n) is 2.76. The van der Waals surface area contributed by atoms with Gasteiger partial charge in [0.15, 0.2) is 0 Å². The van der Waals surface area contributed by atoms with Crippen LogP contribution in [0.4, 0.5) is 5.69 Å². The van der Waals surface area contributed by atoms with E-state index in [-0.39, 0.29) is 0 Å². The van der Waals surface area contributed by atoms with Gasteiger partial charge in [-0.15, -0.1) is 0 Å². The second-order valence-electron chi connectivity index (χ2n) is 3.95. The van der Waals surface area contributed by atoms with Gasteiger partial charge < -0.3 is 5.32 Å². The molecule has 0 spiro atoms. The van der Waals surface area contributed by atoms with Gasteiger partial charge in [0.2, 0.25) is 0 Å². The van der Waals surface area contributed by atoms with E-state index < -0.39 is 0 Å². The summed E-state index contributed by atoms with van der Waals surface area (Å²) in [6, 6.07) is 6.35. The van der Waals surface area contributed by atoms with Gasteiger partial charge in [-0.05, 0) is 37.1 Å². The summed E-state index contributed by atoms with van der Waals surface area (Å²) in [5, 5.41) is 7.36. The lowest BCUT2D eigenvalue weighted by Gasteiger charge is -2.08. The zero-order chi connectivity index (χ0) is 11.5. The Balaban J connectivity index is 2.05. The Labute approximate surface area is 95.3 Å². The van der Waals surface area contributed by atoms with Crippen LogP contribution in [0.3, 0.4) is 0 Å². The summed E-state index contributed by atoms with van der Waals surface area (Å²) < 4.78 is 1.77. The maximum atomic E-state index is 4.16. The molecular weight excluding hydrogens is 200 g/mol. The minimum atomic E-state index is 0.693. The average Bonchev–Trinajstić information content (AvgIpc) is 2.66. The van der Waals surface area contributed by atoms with Crippen LogP contribution in [0.1, 0.15) is 17.0 Å². The van der Waals surface area contributed by atoms with E-state index in [9.17, 15) is 0 Å². The van der Waals surface area contributed by atoms with Gasteiger partial charge in [-0.1, -0.05) is 6.07 Å². The molecule has 0 unspecified atom stereocenters. The summed E-state index contributed by atoms with van der Waals surface area (Å²) in [4.78, 5) is 4.16. The molecule has 16 heavy (non-hydrogen) atoms. The fraction of sp³-hybridized carbons (Fsp3) is 0.333. The smallest absolute Gasteiger partial charge is 0.145 e. The Kier molecular flexibility index (Phi) is 2.90. The monoisotopic (exact) mass is 216 g/mol. The van der Waals surface area contributed by atoms with Gasteiger partial charge in [-0.2, -0.15) is 5.10 Å². The zero-order valence-electron chi connectivity index (χ0n) is 9.86. The first-order valence-corrected chi connectivity index (χ1v) is 5.31. The summed E-state index contributed by atoms with van der Waals surface area (Å²) >= 11 is 0. The van der Waals surface area contributed by atoms with E-state index in [0.717, 1.165) is 11.5 Å². The third-order valence-corrected chi connectivity index (χ3v) is 2.76. The number of rotatable bonds is 3. The molecule has 0 saturated heterocycles. The minimum absolute atomic E-state index is 0.693. The SMILES string of the molecule is Cc1ccc(NCc2ncnn2C)cc1C. The third kappa shape index (κ3) is 2.21.